The number of benzene rings is 2. The average Bonchev–Trinajstić information content (AvgIpc) is 3.36. The molecule has 0 spiro atoms. The number of hydrogen-bond donors (Lipinski definition) is 2. The number of aromatic nitrogens is 3. The summed E-state index contributed by atoms with van der Waals surface area (Å²) in [7, 11) is 0. The predicted molar refractivity (Wildman–Crippen MR) is 149 cm³/mol. The van der Waals surface area contributed by atoms with Crippen LogP contribution < -0.4 is 10.2 Å². The largest absolute Gasteiger partial charge is 0.398 e. The number of fused-ring (bicyclic) bond motifs is 1. The van der Waals surface area contributed by atoms with Crippen LogP contribution in [0, 0.1) is 11.3 Å². The lowest BCUT2D eigenvalue weighted by molar-refractivity contribution is -0.177. The minimum absolute atomic E-state index is 0.0475. The number of nitriles is 1. The molecule has 2 aromatic carbocycles. The number of piperidine rings is 1. The first-order chi connectivity index (χ1) is 20.3. The van der Waals surface area contributed by atoms with Crippen LogP contribution in [0.3, 0.4) is 0 Å². The van der Waals surface area contributed by atoms with E-state index < -0.39 is 30.1 Å². The van der Waals surface area contributed by atoms with Crippen LogP contribution in [0.5, 0.6) is 0 Å². The van der Waals surface area contributed by atoms with E-state index in [2.05, 4.69) is 16.4 Å². The van der Waals surface area contributed by atoms with Crippen molar-refractivity contribution in [2.45, 2.75) is 43.0 Å². The lowest BCUT2D eigenvalue weighted by atomic mass is 9.82. The predicted octanol–water partition coefficient (Wildman–Crippen LogP) is 5.13. The fraction of sp³-hybridized carbons (Fsp3) is 0.290. The van der Waals surface area contributed by atoms with E-state index in [1.807, 2.05) is 65.6 Å². The van der Waals surface area contributed by atoms with Crippen LogP contribution in [0.15, 0.2) is 79.1 Å². The van der Waals surface area contributed by atoms with Crippen molar-refractivity contribution < 1.29 is 23.1 Å². The Morgan fingerprint density at radius 1 is 1.00 bits per heavy atom. The molecule has 4 heterocycles. The molecule has 1 saturated heterocycles. The Balaban J connectivity index is 1.46. The van der Waals surface area contributed by atoms with E-state index in [1.54, 1.807) is 12.3 Å². The Morgan fingerprint density at radius 3 is 2.19 bits per heavy atom. The molecule has 214 valence electrons. The number of aliphatic hydroxyl groups is 1. The van der Waals surface area contributed by atoms with Crippen LogP contribution >= 0.6 is 0 Å². The molecule has 2 aliphatic heterocycles. The summed E-state index contributed by atoms with van der Waals surface area (Å²) in [5.74, 6) is -3.93. The Hall–Kier alpha value is -4.69. The number of pyridine rings is 1. The molecule has 2 atom stereocenters. The van der Waals surface area contributed by atoms with Crippen LogP contribution in [0.2, 0.25) is 0 Å². The normalized spacial score (nSPS) is 19.3. The number of carbonyl (C=O) groups is 1. The molecule has 0 saturated carbocycles. The lowest BCUT2D eigenvalue weighted by Gasteiger charge is -2.35. The first-order valence-corrected chi connectivity index (χ1v) is 13.6. The van der Waals surface area contributed by atoms with Gasteiger partial charge in [0.15, 0.2) is 0 Å². The minimum atomic E-state index is -4.88. The van der Waals surface area contributed by atoms with E-state index in [0.717, 1.165) is 16.8 Å². The number of carbonyl (C=O) groups excluding carboxylic acids is 1. The SMILES string of the molecule is N#Cc1cncc(N2CCC(c3nn(C(c4ccccc4)c4ccccc4)c4c3[C@@H](C(F)(F)F)C(O)C(=O)N4)CC2)c1. The van der Waals surface area contributed by atoms with E-state index in [-0.39, 0.29) is 23.0 Å². The summed E-state index contributed by atoms with van der Waals surface area (Å²) in [6.45, 7) is 1.02. The van der Waals surface area contributed by atoms with E-state index in [0.29, 0.717) is 31.5 Å². The molecular formula is C31H27F3N6O2. The van der Waals surface area contributed by atoms with Crippen molar-refractivity contribution in [3.05, 3.63) is 107 Å². The topological polar surface area (TPSA) is 107 Å². The van der Waals surface area contributed by atoms with Gasteiger partial charge in [-0.25, -0.2) is 4.68 Å². The van der Waals surface area contributed by atoms with E-state index in [4.69, 9.17) is 5.10 Å². The smallest absolute Gasteiger partial charge is 0.382 e. The van der Waals surface area contributed by atoms with Gasteiger partial charge in [0.05, 0.1) is 23.1 Å². The van der Waals surface area contributed by atoms with Crippen molar-refractivity contribution in [1.82, 2.24) is 14.8 Å². The zero-order valence-electron chi connectivity index (χ0n) is 22.4. The van der Waals surface area contributed by atoms with Crippen LogP contribution in [0.1, 0.15) is 58.7 Å². The Labute approximate surface area is 240 Å². The summed E-state index contributed by atoms with van der Waals surface area (Å²) in [6.07, 6.45) is -3.07. The van der Waals surface area contributed by atoms with Crippen molar-refractivity contribution in [1.29, 1.82) is 5.26 Å². The Kier molecular flexibility index (Phi) is 7.16. The van der Waals surface area contributed by atoms with Crippen LogP contribution in [-0.2, 0) is 4.79 Å². The second-order valence-corrected chi connectivity index (χ2v) is 10.6. The summed E-state index contributed by atoms with van der Waals surface area (Å²) < 4.78 is 45.2. The second-order valence-electron chi connectivity index (χ2n) is 10.6. The molecule has 1 fully saturated rings. The number of nitrogens with zero attached hydrogens (tertiary/aromatic N) is 5. The van der Waals surface area contributed by atoms with Crippen LogP contribution in [0.4, 0.5) is 24.7 Å². The van der Waals surface area contributed by atoms with Gasteiger partial charge in [0.2, 0.25) is 0 Å². The van der Waals surface area contributed by atoms with E-state index in [9.17, 15) is 28.3 Å². The third kappa shape index (κ3) is 4.99. The zero-order chi connectivity index (χ0) is 29.4. The molecular weight excluding hydrogens is 545 g/mol. The highest BCUT2D eigenvalue weighted by Gasteiger charge is 2.54. The standard InChI is InChI=1S/C31H27F3N6O2/c32-31(33,34)25-24-26(20-11-13-39(14-12-20)23-15-19(16-35)17-36-18-23)38-40(29(24)37-30(42)28(25)41)27(21-7-3-1-4-8-21)22-9-5-2-6-10-22/h1-10,15,17-18,20,25,27-28,41H,11-14H2,(H,37,42)/t25-,28?/m1/s1. The lowest BCUT2D eigenvalue weighted by Crippen LogP contribution is -2.45. The van der Waals surface area contributed by atoms with Gasteiger partial charge in [-0.2, -0.15) is 23.5 Å². The number of rotatable bonds is 5. The Bertz CT molecular complexity index is 1590. The van der Waals surface area contributed by atoms with Gasteiger partial charge >= 0.3 is 6.18 Å². The maximum Gasteiger partial charge on any atom is 0.398 e. The first-order valence-electron chi connectivity index (χ1n) is 13.6. The van der Waals surface area contributed by atoms with Gasteiger partial charge in [-0.05, 0) is 30.0 Å². The monoisotopic (exact) mass is 572 g/mol. The second kappa shape index (κ2) is 10.9. The maximum absolute atomic E-state index is 14.6. The van der Waals surface area contributed by atoms with Gasteiger partial charge in [0.1, 0.15) is 30.0 Å². The number of hydrogen-bond acceptors (Lipinski definition) is 6. The molecule has 0 bridgehead atoms. The number of anilines is 2. The number of nitrogens with one attached hydrogen (secondary N) is 1. The Morgan fingerprint density at radius 2 is 1.62 bits per heavy atom. The molecule has 0 radical (unpaired) electrons. The van der Waals surface area contributed by atoms with Crippen LogP contribution in [-0.4, -0.2) is 51.1 Å². The van der Waals surface area contributed by atoms with Crippen molar-refractivity contribution in [3.63, 3.8) is 0 Å². The van der Waals surface area contributed by atoms with E-state index in [1.165, 1.54) is 10.9 Å². The number of amides is 1. The molecule has 8 nitrogen and oxygen atoms in total. The molecule has 2 aromatic heterocycles. The highest BCUT2D eigenvalue weighted by molar-refractivity contribution is 5.97. The molecule has 4 aromatic rings. The van der Waals surface area contributed by atoms with Gasteiger partial charge in [0.25, 0.3) is 5.91 Å². The minimum Gasteiger partial charge on any atom is -0.382 e. The summed E-state index contributed by atoms with van der Waals surface area (Å²) in [5.41, 5.74) is 2.80. The number of alkyl halides is 3. The number of halogens is 3. The fourth-order valence-electron chi connectivity index (χ4n) is 6.05. The van der Waals surface area contributed by atoms with Gasteiger partial charge < -0.3 is 15.3 Å². The van der Waals surface area contributed by atoms with Crippen molar-refractivity contribution >= 4 is 17.4 Å². The third-order valence-electron chi connectivity index (χ3n) is 8.04. The summed E-state index contributed by atoms with van der Waals surface area (Å²) in [4.78, 5) is 18.9. The van der Waals surface area contributed by atoms with Gasteiger partial charge in [-0.3, -0.25) is 9.78 Å². The summed E-state index contributed by atoms with van der Waals surface area (Å²) in [5, 5.41) is 27.2. The molecule has 2 aliphatic rings. The molecule has 1 unspecified atom stereocenters. The molecule has 6 rings (SSSR count). The summed E-state index contributed by atoms with van der Waals surface area (Å²) in [6, 6.07) is 21.7. The number of aliphatic hydroxyl groups excluding tert-OH is 1. The first kappa shape index (κ1) is 27.5. The third-order valence-corrected chi connectivity index (χ3v) is 8.04. The fourth-order valence-corrected chi connectivity index (χ4v) is 6.05. The molecule has 0 aliphatic carbocycles. The van der Waals surface area contributed by atoms with Crippen LogP contribution in [0.25, 0.3) is 0 Å². The molecule has 1 amide bonds. The average molecular weight is 573 g/mol. The quantitative estimate of drug-likeness (QED) is 0.344. The van der Waals surface area contributed by atoms with Crippen molar-refractivity contribution in [3.8, 4) is 6.07 Å². The van der Waals surface area contributed by atoms with Crippen molar-refractivity contribution in [2.75, 3.05) is 23.3 Å². The molecule has 2 N–H and O–H groups in total. The highest BCUT2D eigenvalue weighted by atomic mass is 19.4. The van der Waals surface area contributed by atoms with Crippen molar-refractivity contribution in [2.24, 2.45) is 0 Å². The molecule has 11 heteroatoms. The van der Waals surface area contributed by atoms with Gasteiger partial charge in [-0.15, -0.1) is 0 Å². The van der Waals surface area contributed by atoms with E-state index >= 15 is 0 Å². The molecule has 42 heavy (non-hydrogen) atoms. The highest BCUT2D eigenvalue weighted by Crippen LogP contribution is 2.49. The summed E-state index contributed by atoms with van der Waals surface area (Å²) >= 11 is 0. The van der Waals surface area contributed by atoms with Gasteiger partial charge in [-0.1, -0.05) is 60.7 Å². The van der Waals surface area contributed by atoms with Gasteiger partial charge in [0, 0.05) is 30.8 Å². The maximum atomic E-state index is 14.6. The zero-order valence-corrected chi connectivity index (χ0v) is 22.4.